The summed E-state index contributed by atoms with van der Waals surface area (Å²) in [6.07, 6.45) is 2.20. The van der Waals surface area contributed by atoms with E-state index < -0.39 is 0 Å². The molecule has 1 nitrogen and oxygen atoms in total. The maximum absolute atomic E-state index is 2.30. The van der Waals surface area contributed by atoms with Gasteiger partial charge in [-0.1, -0.05) is 54.6 Å². The molecule has 1 heterocycles. The van der Waals surface area contributed by atoms with Gasteiger partial charge in [0, 0.05) is 23.5 Å². The van der Waals surface area contributed by atoms with Crippen LogP contribution in [-0.2, 0) is 7.05 Å². The molecule has 1 heteroatoms. The van der Waals surface area contributed by atoms with E-state index in [9.17, 15) is 0 Å². The van der Waals surface area contributed by atoms with Crippen LogP contribution < -0.4 is 0 Å². The van der Waals surface area contributed by atoms with Crippen molar-refractivity contribution in [1.29, 1.82) is 0 Å². The monoisotopic (exact) mass is 261 g/mol. The molecule has 0 saturated heterocycles. The van der Waals surface area contributed by atoms with Crippen LogP contribution in [0.1, 0.15) is 23.7 Å². The van der Waals surface area contributed by atoms with Gasteiger partial charge in [0.25, 0.3) is 0 Å². The second-order valence-corrected chi connectivity index (χ2v) is 5.12. The summed E-state index contributed by atoms with van der Waals surface area (Å²) in [6, 6.07) is 19.2. The Kier molecular flexibility index (Phi) is 3.19. The first-order chi connectivity index (χ1) is 9.74. The first-order valence-electron chi connectivity index (χ1n) is 7.00. The van der Waals surface area contributed by atoms with Crippen LogP contribution in [0.15, 0.2) is 60.7 Å². The Balaban J connectivity index is 2.29. The molecule has 2 aromatic carbocycles. The highest BCUT2D eigenvalue weighted by Gasteiger charge is 2.15. The van der Waals surface area contributed by atoms with Crippen LogP contribution in [0.3, 0.4) is 0 Å². The first kappa shape index (κ1) is 12.7. The van der Waals surface area contributed by atoms with Crippen molar-refractivity contribution in [2.45, 2.75) is 13.8 Å². The number of rotatable bonds is 2. The lowest BCUT2D eigenvalue weighted by atomic mass is 9.99. The molecular weight excluding hydrogens is 242 g/mol. The molecule has 0 radical (unpaired) electrons. The molecule has 0 atom stereocenters. The molecule has 0 fully saturated rings. The molecule has 0 spiro atoms. The highest BCUT2D eigenvalue weighted by atomic mass is 15.0. The average molecular weight is 261 g/mol. The molecule has 100 valence electrons. The maximum atomic E-state index is 2.30. The van der Waals surface area contributed by atoms with Gasteiger partial charge in [0.2, 0.25) is 0 Å². The number of aryl methyl sites for hydroxylation is 2. The average Bonchev–Trinajstić information content (AvgIpc) is 2.75. The van der Waals surface area contributed by atoms with Crippen LogP contribution in [0.2, 0.25) is 0 Å². The lowest BCUT2D eigenvalue weighted by Crippen LogP contribution is -1.98. The van der Waals surface area contributed by atoms with Crippen molar-refractivity contribution in [2.75, 3.05) is 0 Å². The summed E-state index contributed by atoms with van der Waals surface area (Å²) in [5.74, 6) is 0. The lowest BCUT2D eigenvalue weighted by Gasteiger charge is -2.11. The predicted octanol–water partition coefficient (Wildman–Crippen LogP) is 4.94. The molecule has 0 aliphatic rings. The summed E-state index contributed by atoms with van der Waals surface area (Å²) in [6.45, 7) is 4.32. The second-order valence-electron chi connectivity index (χ2n) is 5.12. The molecular formula is C19H19N. The number of fused-ring (bicyclic) bond motifs is 1. The Morgan fingerprint density at radius 2 is 1.60 bits per heavy atom. The van der Waals surface area contributed by atoms with E-state index in [0.717, 1.165) is 0 Å². The fraction of sp³-hybridized carbons (Fsp3) is 0.158. The van der Waals surface area contributed by atoms with Gasteiger partial charge in [-0.3, -0.25) is 0 Å². The minimum Gasteiger partial charge on any atom is -0.343 e. The van der Waals surface area contributed by atoms with E-state index in [-0.39, 0.29) is 0 Å². The molecule has 1 aromatic heterocycles. The van der Waals surface area contributed by atoms with Crippen molar-refractivity contribution < 1.29 is 0 Å². The third kappa shape index (κ3) is 1.87. The Morgan fingerprint density at radius 3 is 2.25 bits per heavy atom. The van der Waals surface area contributed by atoms with E-state index in [1.165, 1.54) is 33.3 Å². The quantitative estimate of drug-likeness (QED) is 0.616. The van der Waals surface area contributed by atoms with Crippen LogP contribution in [-0.4, -0.2) is 4.57 Å². The third-order valence-corrected chi connectivity index (χ3v) is 3.99. The fourth-order valence-electron chi connectivity index (χ4n) is 3.02. The van der Waals surface area contributed by atoms with Crippen LogP contribution in [0.5, 0.6) is 0 Å². The zero-order valence-electron chi connectivity index (χ0n) is 12.2. The summed E-state index contributed by atoms with van der Waals surface area (Å²) in [5, 5.41) is 1.33. The van der Waals surface area contributed by atoms with Gasteiger partial charge in [0.15, 0.2) is 0 Å². The molecule has 0 N–H and O–H groups in total. The van der Waals surface area contributed by atoms with Crippen molar-refractivity contribution in [3.8, 4) is 0 Å². The smallest absolute Gasteiger partial charge is 0.0521 e. The standard InChI is InChI=1S/C19H19N/c1-4-16(15-10-6-5-7-11-15)19-14(2)17-12-8-9-13-18(17)20(19)3/h4-13H,1-3H3/b16-4-. The Morgan fingerprint density at radius 1 is 0.950 bits per heavy atom. The largest absolute Gasteiger partial charge is 0.343 e. The molecule has 0 aliphatic carbocycles. The molecule has 0 aliphatic heterocycles. The molecule has 3 rings (SSSR count). The molecule has 3 aromatic rings. The maximum Gasteiger partial charge on any atom is 0.0521 e. The zero-order valence-corrected chi connectivity index (χ0v) is 12.2. The number of aromatic nitrogens is 1. The zero-order chi connectivity index (χ0) is 14.1. The minimum absolute atomic E-state index is 1.27. The van der Waals surface area contributed by atoms with Crippen molar-refractivity contribution in [1.82, 2.24) is 4.57 Å². The lowest BCUT2D eigenvalue weighted by molar-refractivity contribution is 0.942. The van der Waals surface area contributed by atoms with E-state index in [2.05, 4.69) is 86.1 Å². The van der Waals surface area contributed by atoms with E-state index in [1.807, 2.05) is 0 Å². The number of allylic oxidation sites excluding steroid dienone is 1. The third-order valence-electron chi connectivity index (χ3n) is 3.99. The Hall–Kier alpha value is -2.28. The van der Waals surface area contributed by atoms with Crippen molar-refractivity contribution in [3.63, 3.8) is 0 Å². The highest BCUT2D eigenvalue weighted by Crippen LogP contribution is 2.32. The van der Waals surface area contributed by atoms with Crippen molar-refractivity contribution in [3.05, 3.63) is 77.5 Å². The van der Waals surface area contributed by atoms with Gasteiger partial charge in [-0.05, 0) is 31.0 Å². The van der Waals surface area contributed by atoms with E-state index in [0.29, 0.717) is 0 Å². The predicted molar refractivity (Wildman–Crippen MR) is 86.9 cm³/mol. The van der Waals surface area contributed by atoms with Crippen LogP contribution in [0, 0.1) is 6.92 Å². The summed E-state index contributed by atoms with van der Waals surface area (Å²) in [5.41, 5.74) is 6.50. The SMILES string of the molecule is C/C=C(/c1ccccc1)c1c(C)c2ccccc2n1C. The summed E-state index contributed by atoms with van der Waals surface area (Å²) in [7, 11) is 2.15. The number of nitrogens with zero attached hydrogens (tertiary/aromatic N) is 1. The van der Waals surface area contributed by atoms with Gasteiger partial charge in [0.05, 0.1) is 5.69 Å². The van der Waals surface area contributed by atoms with Crippen LogP contribution in [0.4, 0.5) is 0 Å². The topological polar surface area (TPSA) is 4.93 Å². The molecule has 0 bridgehead atoms. The van der Waals surface area contributed by atoms with Gasteiger partial charge < -0.3 is 4.57 Å². The summed E-state index contributed by atoms with van der Waals surface area (Å²) < 4.78 is 2.30. The van der Waals surface area contributed by atoms with Crippen LogP contribution in [0.25, 0.3) is 16.5 Å². The Bertz CT molecular complexity index is 737. The van der Waals surface area contributed by atoms with Gasteiger partial charge in [0.1, 0.15) is 0 Å². The number of hydrogen-bond acceptors (Lipinski definition) is 0. The summed E-state index contributed by atoms with van der Waals surface area (Å²) >= 11 is 0. The Labute approximate surface area is 120 Å². The van der Waals surface area contributed by atoms with Crippen LogP contribution >= 0.6 is 0 Å². The minimum atomic E-state index is 1.27. The van der Waals surface area contributed by atoms with E-state index >= 15 is 0 Å². The normalized spacial score (nSPS) is 12.1. The fourth-order valence-corrected chi connectivity index (χ4v) is 3.02. The second kappa shape index (κ2) is 5.01. The number of para-hydroxylation sites is 1. The van der Waals surface area contributed by atoms with Crippen molar-refractivity contribution >= 4 is 16.5 Å². The van der Waals surface area contributed by atoms with Crippen molar-refractivity contribution in [2.24, 2.45) is 7.05 Å². The van der Waals surface area contributed by atoms with E-state index in [1.54, 1.807) is 0 Å². The first-order valence-corrected chi connectivity index (χ1v) is 7.00. The summed E-state index contributed by atoms with van der Waals surface area (Å²) in [4.78, 5) is 0. The number of benzene rings is 2. The number of hydrogen-bond donors (Lipinski definition) is 0. The molecule has 20 heavy (non-hydrogen) atoms. The molecule has 0 saturated carbocycles. The molecule has 0 amide bonds. The van der Waals surface area contributed by atoms with Gasteiger partial charge in [-0.15, -0.1) is 0 Å². The molecule has 0 unspecified atom stereocenters. The van der Waals surface area contributed by atoms with Gasteiger partial charge in [-0.25, -0.2) is 0 Å². The van der Waals surface area contributed by atoms with Gasteiger partial charge in [-0.2, -0.15) is 0 Å². The van der Waals surface area contributed by atoms with E-state index in [4.69, 9.17) is 0 Å². The highest BCUT2D eigenvalue weighted by molar-refractivity contribution is 5.93. The van der Waals surface area contributed by atoms with Gasteiger partial charge >= 0.3 is 0 Å².